The van der Waals surface area contributed by atoms with Crippen LogP contribution in [0.15, 0.2) is 42.5 Å². The first-order chi connectivity index (χ1) is 12.0. The zero-order chi connectivity index (χ0) is 17.6. The van der Waals surface area contributed by atoms with Crippen LogP contribution >= 0.6 is 0 Å². The lowest BCUT2D eigenvalue weighted by Crippen LogP contribution is -2.48. The molecule has 1 amide bonds. The number of likely N-dealkylation sites (tertiary alicyclic amines) is 1. The number of benzene rings is 2. The predicted octanol–water partition coefficient (Wildman–Crippen LogP) is 3.66. The maximum absolute atomic E-state index is 12.9. The van der Waals surface area contributed by atoms with E-state index < -0.39 is 11.9 Å². The van der Waals surface area contributed by atoms with E-state index in [4.69, 9.17) is 0 Å². The monoisotopic (exact) mass is 337 g/mol. The molecule has 0 bridgehead atoms. The summed E-state index contributed by atoms with van der Waals surface area (Å²) in [5.74, 6) is -0.785. The van der Waals surface area contributed by atoms with Gasteiger partial charge in [0, 0.05) is 18.5 Å². The molecule has 4 nitrogen and oxygen atoms in total. The summed E-state index contributed by atoms with van der Waals surface area (Å²) in [6.45, 7) is 2.39. The summed E-state index contributed by atoms with van der Waals surface area (Å²) < 4.78 is 0. The normalized spacial score (nSPS) is 28.8. The van der Waals surface area contributed by atoms with Crippen molar-refractivity contribution in [3.63, 3.8) is 0 Å². The number of hydrogen-bond donors (Lipinski definition) is 1. The Bertz CT molecular complexity index is 831. The molecule has 1 saturated heterocycles. The Balaban J connectivity index is 1.49. The molecule has 2 fully saturated rings. The number of hydrogen-bond acceptors (Lipinski definition) is 2. The van der Waals surface area contributed by atoms with Gasteiger partial charge in [0.2, 0.25) is 5.91 Å². The average molecular weight is 337 g/mol. The fourth-order valence-corrected chi connectivity index (χ4v) is 4.10. The van der Waals surface area contributed by atoms with E-state index in [-0.39, 0.29) is 23.8 Å². The Morgan fingerprint density at radius 1 is 1.08 bits per heavy atom. The van der Waals surface area contributed by atoms with Crippen molar-refractivity contribution in [2.45, 2.75) is 38.1 Å². The minimum atomic E-state index is -0.786. The topological polar surface area (TPSA) is 57.6 Å². The molecular formula is C21H23NO3. The summed E-state index contributed by atoms with van der Waals surface area (Å²) in [5, 5.41) is 11.7. The van der Waals surface area contributed by atoms with Crippen molar-refractivity contribution in [1.29, 1.82) is 0 Å². The zero-order valence-electron chi connectivity index (χ0n) is 14.4. The van der Waals surface area contributed by atoms with Crippen LogP contribution in [0, 0.1) is 11.8 Å². The highest BCUT2D eigenvalue weighted by Crippen LogP contribution is 2.49. The highest BCUT2D eigenvalue weighted by molar-refractivity contribution is 5.86. The van der Waals surface area contributed by atoms with Crippen LogP contribution in [0.1, 0.15) is 37.7 Å². The smallest absolute Gasteiger partial charge is 0.308 e. The second-order valence-electron chi connectivity index (χ2n) is 7.51. The molecule has 1 aliphatic heterocycles. The van der Waals surface area contributed by atoms with Gasteiger partial charge in [0.25, 0.3) is 0 Å². The van der Waals surface area contributed by atoms with Gasteiger partial charge in [-0.15, -0.1) is 0 Å². The fraction of sp³-hybridized carbons (Fsp3) is 0.429. The highest BCUT2D eigenvalue weighted by Gasteiger charge is 2.47. The largest absolute Gasteiger partial charge is 0.481 e. The number of nitrogens with zero attached hydrogens (tertiary/aromatic N) is 1. The highest BCUT2D eigenvalue weighted by atomic mass is 16.4. The first kappa shape index (κ1) is 16.1. The van der Waals surface area contributed by atoms with Crippen molar-refractivity contribution in [3.05, 3.63) is 48.0 Å². The number of carboxylic acids is 1. The van der Waals surface area contributed by atoms with Crippen LogP contribution in [0.25, 0.3) is 10.8 Å². The van der Waals surface area contributed by atoms with Gasteiger partial charge in [-0.05, 0) is 48.4 Å². The molecule has 0 radical (unpaired) electrons. The first-order valence-electron chi connectivity index (χ1n) is 9.06. The molecule has 130 valence electrons. The Kier molecular flexibility index (Phi) is 3.98. The lowest BCUT2D eigenvalue weighted by molar-refractivity contribution is -0.147. The maximum atomic E-state index is 12.9. The molecule has 0 aromatic heterocycles. The van der Waals surface area contributed by atoms with Crippen LogP contribution in [0.4, 0.5) is 0 Å². The maximum Gasteiger partial charge on any atom is 0.308 e. The van der Waals surface area contributed by atoms with Crippen LogP contribution in [0.2, 0.25) is 0 Å². The van der Waals surface area contributed by atoms with Crippen LogP contribution in [0.3, 0.4) is 0 Å². The Labute approximate surface area is 147 Å². The molecule has 2 aromatic rings. The third kappa shape index (κ3) is 3.01. The molecule has 2 aromatic carbocycles. The quantitative estimate of drug-likeness (QED) is 0.930. The van der Waals surface area contributed by atoms with Crippen LogP contribution in [-0.4, -0.2) is 34.5 Å². The van der Waals surface area contributed by atoms with E-state index in [1.165, 1.54) is 16.3 Å². The second-order valence-corrected chi connectivity index (χ2v) is 7.51. The molecule has 0 spiro atoms. The van der Waals surface area contributed by atoms with Gasteiger partial charge >= 0.3 is 5.97 Å². The van der Waals surface area contributed by atoms with Crippen LogP contribution in [-0.2, 0) is 9.59 Å². The van der Waals surface area contributed by atoms with E-state index in [9.17, 15) is 14.7 Å². The predicted molar refractivity (Wildman–Crippen MR) is 96.3 cm³/mol. The number of carbonyl (C=O) groups excluding carboxylic acids is 1. The molecule has 4 unspecified atom stereocenters. The Morgan fingerprint density at radius 3 is 2.60 bits per heavy atom. The van der Waals surface area contributed by atoms with Gasteiger partial charge in [0.1, 0.15) is 0 Å². The molecule has 2 aliphatic rings. The summed E-state index contributed by atoms with van der Waals surface area (Å²) in [6, 6.07) is 14.8. The van der Waals surface area contributed by atoms with Crippen LogP contribution in [0.5, 0.6) is 0 Å². The van der Waals surface area contributed by atoms with Gasteiger partial charge in [-0.3, -0.25) is 9.59 Å². The number of fused-ring (bicyclic) bond motifs is 1. The van der Waals surface area contributed by atoms with Gasteiger partial charge < -0.3 is 10.0 Å². The molecule has 1 aliphatic carbocycles. The van der Waals surface area contributed by atoms with Gasteiger partial charge in [-0.25, -0.2) is 0 Å². The summed E-state index contributed by atoms with van der Waals surface area (Å²) in [7, 11) is 0. The standard InChI is InChI=1S/C21H23NO3/c1-13-6-7-17(21(24)25)12-22(13)20(23)19-11-18(19)16-9-8-14-4-2-3-5-15(14)10-16/h2-5,8-10,13,17-19H,6-7,11-12H2,1H3,(H,24,25). The summed E-state index contributed by atoms with van der Waals surface area (Å²) in [5.41, 5.74) is 1.22. The summed E-state index contributed by atoms with van der Waals surface area (Å²) in [4.78, 5) is 26.0. The molecule has 25 heavy (non-hydrogen) atoms. The van der Waals surface area contributed by atoms with E-state index in [1.807, 2.05) is 24.0 Å². The van der Waals surface area contributed by atoms with E-state index in [1.54, 1.807) is 0 Å². The minimum absolute atomic E-state index is 0.0103. The molecule has 4 heteroatoms. The van der Waals surface area contributed by atoms with Gasteiger partial charge in [-0.2, -0.15) is 0 Å². The van der Waals surface area contributed by atoms with E-state index in [0.717, 1.165) is 12.8 Å². The molecular weight excluding hydrogens is 314 g/mol. The number of piperidine rings is 1. The van der Waals surface area contributed by atoms with E-state index >= 15 is 0 Å². The molecule has 4 atom stereocenters. The third-order valence-electron chi connectivity index (χ3n) is 5.82. The summed E-state index contributed by atoms with van der Waals surface area (Å²) >= 11 is 0. The lowest BCUT2D eigenvalue weighted by Gasteiger charge is -2.36. The Morgan fingerprint density at radius 2 is 1.84 bits per heavy atom. The zero-order valence-corrected chi connectivity index (χ0v) is 14.4. The molecule has 4 rings (SSSR count). The first-order valence-corrected chi connectivity index (χ1v) is 9.06. The Hall–Kier alpha value is -2.36. The minimum Gasteiger partial charge on any atom is -0.481 e. The second kappa shape index (κ2) is 6.17. The van der Waals surface area contributed by atoms with Crippen LogP contribution < -0.4 is 0 Å². The number of aliphatic carboxylic acids is 1. The summed E-state index contributed by atoms with van der Waals surface area (Å²) in [6.07, 6.45) is 2.31. The van der Waals surface area contributed by atoms with E-state index in [2.05, 4.69) is 30.3 Å². The van der Waals surface area contributed by atoms with Crippen molar-refractivity contribution < 1.29 is 14.7 Å². The van der Waals surface area contributed by atoms with Crippen molar-refractivity contribution >= 4 is 22.6 Å². The van der Waals surface area contributed by atoms with Gasteiger partial charge in [-0.1, -0.05) is 42.5 Å². The van der Waals surface area contributed by atoms with E-state index in [0.29, 0.717) is 13.0 Å². The number of carbonyl (C=O) groups is 2. The third-order valence-corrected chi connectivity index (χ3v) is 5.82. The number of rotatable bonds is 3. The molecule has 1 N–H and O–H groups in total. The molecule has 1 heterocycles. The van der Waals surface area contributed by atoms with Gasteiger partial charge in [0.05, 0.1) is 5.92 Å². The number of amides is 1. The molecule has 1 saturated carbocycles. The SMILES string of the molecule is CC1CCC(C(=O)O)CN1C(=O)C1CC1c1ccc2ccccc2c1. The average Bonchev–Trinajstić information content (AvgIpc) is 3.41. The lowest BCUT2D eigenvalue weighted by atomic mass is 9.93. The van der Waals surface area contributed by atoms with Gasteiger partial charge in [0.15, 0.2) is 0 Å². The van der Waals surface area contributed by atoms with Crippen molar-refractivity contribution in [3.8, 4) is 0 Å². The fourth-order valence-electron chi connectivity index (χ4n) is 4.10. The number of carboxylic acid groups (broad SMARTS) is 1. The van der Waals surface area contributed by atoms with Crippen molar-refractivity contribution in [2.24, 2.45) is 11.8 Å². The van der Waals surface area contributed by atoms with Crippen molar-refractivity contribution in [1.82, 2.24) is 4.90 Å². The van der Waals surface area contributed by atoms with Crippen molar-refractivity contribution in [2.75, 3.05) is 6.54 Å².